The summed E-state index contributed by atoms with van der Waals surface area (Å²) >= 11 is 0. The molecule has 13 heavy (non-hydrogen) atoms. The van der Waals surface area contributed by atoms with Crippen molar-refractivity contribution in [3.05, 3.63) is 23.8 Å². The van der Waals surface area contributed by atoms with Gasteiger partial charge in [-0.3, -0.25) is 0 Å². The van der Waals surface area contributed by atoms with Crippen LogP contribution in [-0.2, 0) is 12.6 Å². The number of aryl methyl sites for hydroxylation is 1. The van der Waals surface area contributed by atoms with Gasteiger partial charge in [0.2, 0.25) is 0 Å². The van der Waals surface area contributed by atoms with Gasteiger partial charge in [0.25, 0.3) is 0 Å². The highest BCUT2D eigenvalue weighted by Crippen LogP contribution is 2.26. The second kappa shape index (κ2) is 3.72. The third kappa shape index (κ3) is 2.68. The average Bonchev–Trinajstić information content (AvgIpc) is 2.04. The maximum Gasteiger partial charge on any atom is 0.433 e. The van der Waals surface area contributed by atoms with E-state index in [2.05, 4.69) is 9.97 Å². The molecule has 1 aromatic heterocycles. The van der Waals surface area contributed by atoms with E-state index in [1.807, 2.05) is 6.92 Å². The molecule has 1 heterocycles. The average molecular weight is 190 g/mol. The molecule has 0 N–H and O–H groups in total. The van der Waals surface area contributed by atoms with Gasteiger partial charge in [-0.2, -0.15) is 13.2 Å². The van der Waals surface area contributed by atoms with E-state index >= 15 is 0 Å². The second-order valence-electron chi connectivity index (χ2n) is 2.61. The number of halogens is 3. The van der Waals surface area contributed by atoms with Gasteiger partial charge in [0.15, 0.2) is 0 Å². The number of aromatic nitrogens is 2. The van der Waals surface area contributed by atoms with E-state index in [-0.39, 0.29) is 5.82 Å². The Hall–Kier alpha value is -1.13. The quantitative estimate of drug-likeness (QED) is 0.715. The molecule has 0 aliphatic carbocycles. The monoisotopic (exact) mass is 190 g/mol. The number of alkyl halides is 3. The minimum Gasteiger partial charge on any atom is -0.241 e. The van der Waals surface area contributed by atoms with Gasteiger partial charge in [0.1, 0.15) is 11.5 Å². The Bertz CT molecular complexity index is 283. The Morgan fingerprint density at radius 2 is 2.08 bits per heavy atom. The van der Waals surface area contributed by atoms with Gasteiger partial charge in [-0.05, 0) is 12.5 Å². The van der Waals surface area contributed by atoms with Crippen molar-refractivity contribution >= 4 is 0 Å². The molecule has 0 aromatic carbocycles. The predicted molar refractivity (Wildman–Crippen MR) is 41.0 cm³/mol. The van der Waals surface area contributed by atoms with Gasteiger partial charge in [-0.15, -0.1) is 0 Å². The molecule has 0 saturated carbocycles. The van der Waals surface area contributed by atoms with Crippen LogP contribution in [0.1, 0.15) is 24.9 Å². The maximum absolute atomic E-state index is 12.1. The van der Waals surface area contributed by atoms with Crippen LogP contribution in [0.15, 0.2) is 12.3 Å². The normalized spacial score (nSPS) is 11.7. The highest BCUT2D eigenvalue weighted by Gasteiger charge is 2.32. The van der Waals surface area contributed by atoms with Crippen LogP contribution in [0.5, 0.6) is 0 Å². The van der Waals surface area contributed by atoms with Crippen molar-refractivity contribution in [2.75, 3.05) is 0 Å². The fourth-order valence-electron chi connectivity index (χ4n) is 0.901. The van der Waals surface area contributed by atoms with Crippen LogP contribution >= 0.6 is 0 Å². The lowest BCUT2D eigenvalue weighted by Gasteiger charge is -2.05. The number of nitrogens with zero attached hydrogens (tertiary/aromatic N) is 2. The zero-order chi connectivity index (χ0) is 9.90. The van der Waals surface area contributed by atoms with Crippen LogP contribution in [0.3, 0.4) is 0 Å². The van der Waals surface area contributed by atoms with Crippen LogP contribution in [0.2, 0.25) is 0 Å². The number of rotatable bonds is 2. The van der Waals surface area contributed by atoms with E-state index in [1.165, 1.54) is 0 Å². The molecule has 0 saturated heterocycles. The van der Waals surface area contributed by atoms with Crippen LogP contribution in [0.4, 0.5) is 13.2 Å². The highest BCUT2D eigenvalue weighted by atomic mass is 19.4. The van der Waals surface area contributed by atoms with E-state index in [9.17, 15) is 13.2 Å². The molecule has 0 spiro atoms. The molecule has 0 unspecified atom stereocenters. The van der Waals surface area contributed by atoms with Gasteiger partial charge < -0.3 is 0 Å². The molecule has 0 amide bonds. The maximum atomic E-state index is 12.1. The number of hydrogen-bond donors (Lipinski definition) is 0. The summed E-state index contributed by atoms with van der Waals surface area (Å²) in [6, 6.07) is 0.874. The minimum absolute atomic E-state index is 0.248. The molecule has 0 fully saturated rings. The van der Waals surface area contributed by atoms with E-state index in [0.29, 0.717) is 6.42 Å². The summed E-state index contributed by atoms with van der Waals surface area (Å²) in [7, 11) is 0. The van der Waals surface area contributed by atoms with Crippen molar-refractivity contribution < 1.29 is 13.2 Å². The minimum atomic E-state index is -4.37. The van der Waals surface area contributed by atoms with Gasteiger partial charge in [-0.25, -0.2) is 9.97 Å². The smallest absolute Gasteiger partial charge is 0.241 e. The van der Waals surface area contributed by atoms with Gasteiger partial charge in [-0.1, -0.05) is 6.92 Å². The fourth-order valence-corrected chi connectivity index (χ4v) is 0.901. The molecule has 5 heteroatoms. The molecule has 0 aliphatic heterocycles. The molecule has 0 radical (unpaired) electrons. The summed E-state index contributed by atoms with van der Waals surface area (Å²) in [4.78, 5) is 7.13. The van der Waals surface area contributed by atoms with Crippen molar-refractivity contribution in [2.24, 2.45) is 0 Å². The third-order valence-corrected chi connectivity index (χ3v) is 1.47. The first kappa shape index (κ1) is 9.95. The van der Waals surface area contributed by atoms with Gasteiger partial charge in [0.05, 0.1) is 0 Å². The Morgan fingerprint density at radius 1 is 1.38 bits per heavy atom. The summed E-state index contributed by atoms with van der Waals surface area (Å²) < 4.78 is 36.4. The first-order valence-corrected chi connectivity index (χ1v) is 3.93. The lowest BCUT2D eigenvalue weighted by molar-refractivity contribution is -0.141. The standard InChI is InChI=1S/C8H9F3N2/c1-2-3-7-12-5-4-6(13-7)8(9,10)11/h4-5H,2-3H2,1H3. The molecule has 1 rings (SSSR count). The lowest BCUT2D eigenvalue weighted by Crippen LogP contribution is -2.10. The number of hydrogen-bond acceptors (Lipinski definition) is 2. The lowest BCUT2D eigenvalue weighted by atomic mass is 10.3. The summed E-state index contributed by atoms with van der Waals surface area (Å²) in [5, 5.41) is 0. The van der Waals surface area contributed by atoms with Crippen LogP contribution in [0.25, 0.3) is 0 Å². The third-order valence-electron chi connectivity index (χ3n) is 1.47. The highest BCUT2D eigenvalue weighted by molar-refractivity contribution is 5.06. The Balaban J connectivity index is 2.92. The van der Waals surface area contributed by atoms with E-state index in [0.717, 1.165) is 18.7 Å². The van der Waals surface area contributed by atoms with Crippen molar-refractivity contribution in [1.82, 2.24) is 9.97 Å². The first-order valence-electron chi connectivity index (χ1n) is 3.93. The molecule has 72 valence electrons. The fraction of sp³-hybridized carbons (Fsp3) is 0.500. The largest absolute Gasteiger partial charge is 0.433 e. The van der Waals surface area contributed by atoms with E-state index in [1.54, 1.807) is 0 Å². The molecule has 0 atom stereocenters. The second-order valence-corrected chi connectivity index (χ2v) is 2.61. The van der Waals surface area contributed by atoms with Crippen molar-refractivity contribution in [2.45, 2.75) is 25.9 Å². The summed E-state index contributed by atoms with van der Waals surface area (Å²) in [6.45, 7) is 1.86. The Morgan fingerprint density at radius 3 is 2.62 bits per heavy atom. The van der Waals surface area contributed by atoms with Crippen molar-refractivity contribution in [3.63, 3.8) is 0 Å². The summed E-state index contributed by atoms with van der Waals surface area (Å²) in [6.07, 6.45) is -2.02. The van der Waals surface area contributed by atoms with E-state index < -0.39 is 11.9 Å². The van der Waals surface area contributed by atoms with Gasteiger partial charge >= 0.3 is 6.18 Å². The molecule has 0 aliphatic rings. The SMILES string of the molecule is CCCc1nccc(C(F)(F)F)n1. The molecule has 2 nitrogen and oxygen atoms in total. The topological polar surface area (TPSA) is 25.8 Å². The van der Waals surface area contributed by atoms with Crippen LogP contribution in [-0.4, -0.2) is 9.97 Å². The zero-order valence-electron chi connectivity index (χ0n) is 7.10. The molecular weight excluding hydrogens is 181 g/mol. The van der Waals surface area contributed by atoms with Crippen molar-refractivity contribution in [1.29, 1.82) is 0 Å². The molecule has 0 bridgehead atoms. The molecule has 1 aromatic rings. The summed E-state index contributed by atoms with van der Waals surface area (Å²) in [5.74, 6) is 0.248. The van der Waals surface area contributed by atoms with Crippen LogP contribution < -0.4 is 0 Å². The van der Waals surface area contributed by atoms with Crippen molar-refractivity contribution in [3.8, 4) is 0 Å². The summed E-state index contributed by atoms with van der Waals surface area (Å²) in [5.41, 5.74) is -0.869. The molecular formula is C8H9F3N2. The Labute approximate surface area is 73.8 Å². The van der Waals surface area contributed by atoms with Gasteiger partial charge in [0, 0.05) is 12.6 Å². The first-order chi connectivity index (χ1) is 6.04. The van der Waals surface area contributed by atoms with Crippen LogP contribution in [0, 0.1) is 0 Å². The Kier molecular flexibility index (Phi) is 2.85. The van der Waals surface area contributed by atoms with E-state index in [4.69, 9.17) is 0 Å². The zero-order valence-corrected chi connectivity index (χ0v) is 7.10. The predicted octanol–water partition coefficient (Wildman–Crippen LogP) is 2.45.